The first-order valence-corrected chi connectivity index (χ1v) is 7.36. The molecule has 2 aromatic carbocycles. The molecule has 0 aliphatic rings. The van der Waals surface area contributed by atoms with E-state index in [1.54, 1.807) is 24.3 Å². The van der Waals surface area contributed by atoms with E-state index in [-0.39, 0.29) is 5.78 Å². The predicted molar refractivity (Wildman–Crippen MR) is 85.2 cm³/mol. The number of carbonyl (C=O) groups is 3. The van der Waals surface area contributed by atoms with Gasteiger partial charge in [0.1, 0.15) is 6.29 Å². The largest absolute Gasteiger partial charge is 0.451 e. The van der Waals surface area contributed by atoms with Crippen molar-refractivity contribution in [2.45, 2.75) is 13.0 Å². The monoisotopic (exact) mass is 360 g/mol. The van der Waals surface area contributed by atoms with E-state index < -0.39 is 12.1 Å². The number of benzene rings is 2. The first kappa shape index (κ1) is 16.1. The van der Waals surface area contributed by atoms with Crippen LogP contribution in [0.5, 0.6) is 0 Å². The van der Waals surface area contributed by atoms with Crippen molar-refractivity contribution in [3.63, 3.8) is 0 Å². The standard InChI is InChI=1S/C17H13BrO4/c1-11(16(20)13-6-8-15(18)9-7-13)22-17(21)14-4-2-12(10-19)3-5-14/h2-11H,1H3/t11-/m0/s1. The summed E-state index contributed by atoms with van der Waals surface area (Å²) in [6.45, 7) is 1.53. The SMILES string of the molecule is C[C@H](OC(=O)c1ccc(C=O)cc1)C(=O)c1ccc(Br)cc1. The number of aldehydes is 1. The van der Waals surface area contributed by atoms with Gasteiger partial charge in [-0.25, -0.2) is 4.79 Å². The fourth-order valence-corrected chi connectivity index (χ4v) is 2.09. The summed E-state index contributed by atoms with van der Waals surface area (Å²) in [7, 11) is 0. The number of halogens is 1. The molecule has 0 heterocycles. The van der Waals surface area contributed by atoms with E-state index in [1.165, 1.54) is 31.2 Å². The third kappa shape index (κ3) is 3.89. The molecule has 0 saturated carbocycles. The number of hydrogen-bond acceptors (Lipinski definition) is 4. The molecular weight excluding hydrogens is 348 g/mol. The third-order valence-corrected chi connectivity index (χ3v) is 3.59. The van der Waals surface area contributed by atoms with Gasteiger partial charge in [-0.3, -0.25) is 9.59 Å². The zero-order chi connectivity index (χ0) is 16.1. The normalized spacial score (nSPS) is 11.5. The van der Waals surface area contributed by atoms with Crippen LogP contribution in [0.25, 0.3) is 0 Å². The summed E-state index contributed by atoms with van der Waals surface area (Å²) in [6, 6.07) is 12.8. The Labute approximate surface area is 136 Å². The van der Waals surface area contributed by atoms with Crippen LogP contribution in [-0.2, 0) is 4.74 Å². The highest BCUT2D eigenvalue weighted by molar-refractivity contribution is 9.10. The number of carbonyl (C=O) groups excluding carboxylic acids is 3. The molecule has 0 saturated heterocycles. The van der Waals surface area contributed by atoms with E-state index >= 15 is 0 Å². The van der Waals surface area contributed by atoms with Crippen molar-refractivity contribution < 1.29 is 19.1 Å². The number of esters is 1. The van der Waals surface area contributed by atoms with Gasteiger partial charge in [0.25, 0.3) is 0 Å². The summed E-state index contributed by atoms with van der Waals surface area (Å²) in [5, 5.41) is 0. The second-order valence-electron chi connectivity index (χ2n) is 4.66. The molecule has 112 valence electrons. The lowest BCUT2D eigenvalue weighted by molar-refractivity contribution is 0.0318. The van der Waals surface area contributed by atoms with Crippen LogP contribution >= 0.6 is 15.9 Å². The Hall–Kier alpha value is -2.27. The molecule has 0 radical (unpaired) electrons. The maximum Gasteiger partial charge on any atom is 0.338 e. The number of ketones is 1. The Morgan fingerprint density at radius 3 is 2.09 bits per heavy atom. The fourth-order valence-electron chi connectivity index (χ4n) is 1.83. The third-order valence-electron chi connectivity index (χ3n) is 3.06. The zero-order valence-corrected chi connectivity index (χ0v) is 13.4. The molecule has 0 unspecified atom stereocenters. The quantitative estimate of drug-likeness (QED) is 0.463. The van der Waals surface area contributed by atoms with Gasteiger partial charge in [-0.15, -0.1) is 0 Å². The van der Waals surface area contributed by atoms with E-state index in [0.717, 1.165) is 4.47 Å². The molecule has 0 aliphatic carbocycles. The van der Waals surface area contributed by atoms with Crippen molar-refractivity contribution in [1.29, 1.82) is 0 Å². The van der Waals surface area contributed by atoms with Crippen molar-refractivity contribution in [1.82, 2.24) is 0 Å². The van der Waals surface area contributed by atoms with Gasteiger partial charge in [0.15, 0.2) is 6.10 Å². The average molecular weight is 361 g/mol. The lowest BCUT2D eigenvalue weighted by Gasteiger charge is -2.12. The highest BCUT2D eigenvalue weighted by Crippen LogP contribution is 2.14. The van der Waals surface area contributed by atoms with E-state index in [1.807, 2.05) is 0 Å². The van der Waals surface area contributed by atoms with E-state index in [2.05, 4.69) is 15.9 Å². The second-order valence-corrected chi connectivity index (χ2v) is 5.57. The van der Waals surface area contributed by atoms with Crippen LogP contribution in [0.3, 0.4) is 0 Å². The van der Waals surface area contributed by atoms with E-state index in [4.69, 9.17) is 4.74 Å². The summed E-state index contributed by atoms with van der Waals surface area (Å²) >= 11 is 3.29. The lowest BCUT2D eigenvalue weighted by Crippen LogP contribution is -2.24. The molecule has 22 heavy (non-hydrogen) atoms. The summed E-state index contributed by atoms with van der Waals surface area (Å²) in [6.07, 6.45) is -0.200. The second kappa shape index (κ2) is 7.13. The molecule has 0 aliphatic heterocycles. The van der Waals surface area contributed by atoms with Gasteiger partial charge in [-0.05, 0) is 31.2 Å². The van der Waals surface area contributed by atoms with Crippen LogP contribution in [0.15, 0.2) is 53.0 Å². The minimum Gasteiger partial charge on any atom is -0.451 e. The molecule has 0 spiro atoms. The highest BCUT2D eigenvalue weighted by Gasteiger charge is 2.20. The predicted octanol–water partition coefficient (Wildman–Crippen LogP) is 3.69. The van der Waals surface area contributed by atoms with Crippen molar-refractivity contribution in [2.24, 2.45) is 0 Å². The van der Waals surface area contributed by atoms with Crippen LogP contribution in [0.1, 0.15) is 38.0 Å². The summed E-state index contributed by atoms with van der Waals surface area (Å²) in [5.74, 6) is -0.874. The van der Waals surface area contributed by atoms with E-state index in [0.29, 0.717) is 23.0 Å². The van der Waals surface area contributed by atoms with Crippen LogP contribution < -0.4 is 0 Å². The molecular formula is C17H13BrO4. The van der Waals surface area contributed by atoms with Gasteiger partial charge < -0.3 is 4.74 Å². The maximum atomic E-state index is 12.2. The van der Waals surface area contributed by atoms with Crippen LogP contribution in [0.2, 0.25) is 0 Å². The Morgan fingerprint density at radius 1 is 1.00 bits per heavy atom. The smallest absolute Gasteiger partial charge is 0.338 e. The first-order valence-electron chi connectivity index (χ1n) is 6.57. The fraction of sp³-hybridized carbons (Fsp3) is 0.118. The highest BCUT2D eigenvalue weighted by atomic mass is 79.9. The molecule has 0 bridgehead atoms. The Morgan fingerprint density at radius 2 is 1.55 bits per heavy atom. The molecule has 4 nitrogen and oxygen atoms in total. The molecule has 2 rings (SSSR count). The van der Waals surface area contributed by atoms with Crippen molar-refractivity contribution >= 4 is 34.0 Å². The van der Waals surface area contributed by atoms with E-state index in [9.17, 15) is 14.4 Å². The van der Waals surface area contributed by atoms with Gasteiger partial charge >= 0.3 is 5.97 Å². The molecule has 0 N–H and O–H groups in total. The van der Waals surface area contributed by atoms with Gasteiger partial charge in [0, 0.05) is 15.6 Å². The van der Waals surface area contributed by atoms with Crippen molar-refractivity contribution in [3.05, 3.63) is 69.7 Å². The van der Waals surface area contributed by atoms with Crippen LogP contribution in [0, 0.1) is 0 Å². The van der Waals surface area contributed by atoms with Crippen LogP contribution in [0.4, 0.5) is 0 Å². The minimum atomic E-state index is -0.889. The molecule has 5 heteroatoms. The summed E-state index contributed by atoms with van der Waals surface area (Å²) in [4.78, 5) is 34.7. The Kier molecular flexibility index (Phi) is 5.22. The summed E-state index contributed by atoms with van der Waals surface area (Å²) in [5.41, 5.74) is 1.23. The first-order chi connectivity index (χ1) is 10.5. The van der Waals surface area contributed by atoms with Gasteiger partial charge in [-0.1, -0.05) is 40.2 Å². The molecule has 0 aromatic heterocycles. The number of rotatable bonds is 5. The number of hydrogen-bond donors (Lipinski definition) is 0. The minimum absolute atomic E-state index is 0.273. The Bertz CT molecular complexity index is 690. The average Bonchev–Trinajstić information content (AvgIpc) is 2.54. The van der Waals surface area contributed by atoms with Gasteiger partial charge in [-0.2, -0.15) is 0 Å². The number of ether oxygens (including phenoxy) is 1. The Balaban J connectivity index is 2.05. The maximum absolute atomic E-state index is 12.2. The molecule has 0 fully saturated rings. The molecule has 0 amide bonds. The molecule has 1 atom stereocenters. The zero-order valence-electron chi connectivity index (χ0n) is 11.8. The van der Waals surface area contributed by atoms with Gasteiger partial charge in [0.05, 0.1) is 5.56 Å². The topological polar surface area (TPSA) is 60.4 Å². The van der Waals surface area contributed by atoms with Crippen LogP contribution in [-0.4, -0.2) is 24.1 Å². The lowest BCUT2D eigenvalue weighted by atomic mass is 10.1. The molecule has 2 aromatic rings. The van der Waals surface area contributed by atoms with Crippen molar-refractivity contribution in [2.75, 3.05) is 0 Å². The van der Waals surface area contributed by atoms with Gasteiger partial charge in [0.2, 0.25) is 5.78 Å². The number of Topliss-reactive ketones (excluding diaryl/α,β-unsaturated/α-hetero) is 1. The summed E-state index contributed by atoms with van der Waals surface area (Å²) < 4.78 is 6.03. The van der Waals surface area contributed by atoms with Crippen molar-refractivity contribution in [3.8, 4) is 0 Å².